The highest BCUT2D eigenvalue weighted by molar-refractivity contribution is 6.10. The molecule has 0 aliphatic carbocycles. The van der Waals surface area contributed by atoms with Crippen LogP contribution in [0.5, 0.6) is 23.0 Å². The number of methoxy groups -OCH3 is 2. The van der Waals surface area contributed by atoms with Crippen molar-refractivity contribution in [2.45, 2.75) is 6.42 Å². The van der Waals surface area contributed by atoms with Crippen molar-refractivity contribution in [1.29, 1.82) is 0 Å². The van der Waals surface area contributed by atoms with Crippen LogP contribution in [0.15, 0.2) is 48.5 Å². The first-order valence-electron chi connectivity index (χ1n) is 12.4. The van der Waals surface area contributed by atoms with Crippen molar-refractivity contribution < 1.29 is 43.0 Å². The molecule has 0 spiro atoms. The summed E-state index contributed by atoms with van der Waals surface area (Å²) < 4.78 is 83.7. The molecule has 2 N–H and O–H groups in total. The molecule has 140 valence electrons. The monoisotopic (exact) mass is 378 g/mol. The molecule has 0 unspecified atom stereocenters. The molecule has 2 aromatic carbocycles. The number of ketones is 2. The van der Waals surface area contributed by atoms with E-state index in [4.69, 9.17) is 13.7 Å². The first kappa shape index (κ1) is 9.97. The van der Waals surface area contributed by atoms with Crippen molar-refractivity contribution in [3.05, 3.63) is 59.6 Å². The van der Waals surface area contributed by atoms with E-state index in [1.165, 1.54) is 0 Å². The lowest BCUT2D eigenvalue weighted by Gasteiger charge is -2.03. The molecular formula is C21H20O6. The molecule has 0 atom stereocenters. The van der Waals surface area contributed by atoms with Gasteiger partial charge in [-0.3, -0.25) is 9.59 Å². The number of benzene rings is 2. The molecule has 0 saturated carbocycles. The van der Waals surface area contributed by atoms with Crippen LogP contribution in [0.3, 0.4) is 0 Å². The highest BCUT2D eigenvalue weighted by Gasteiger charge is 2.06. The highest BCUT2D eigenvalue weighted by atomic mass is 16.5. The van der Waals surface area contributed by atoms with Crippen molar-refractivity contribution in [2.24, 2.45) is 0 Å². The SMILES string of the molecule is [2H]C(C(=O)CC(=O)C([2H])=C([2H])c1ccc(O)c(OC([2H])([2H])[2H])c1)=C([2H])c1ccc(O)c(OC([2H])([2H])[2H])c1. The number of carbonyl (C=O) groups is 2. The van der Waals surface area contributed by atoms with E-state index in [-0.39, 0.29) is 11.1 Å². The molecule has 6 nitrogen and oxygen atoms in total. The van der Waals surface area contributed by atoms with E-state index in [0.717, 1.165) is 36.4 Å². The molecule has 0 saturated heterocycles. The summed E-state index contributed by atoms with van der Waals surface area (Å²) in [7, 11) is -5.84. The Hall–Kier alpha value is -3.54. The van der Waals surface area contributed by atoms with Crippen LogP contribution in [-0.4, -0.2) is 35.9 Å². The highest BCUT2D eigenvalue weighted by Crippen LogP contribution is 2.27. The van der Waals surface area contributed by atoms with E-state index in [0.29, 0.717) is 0 Å². The van der Waals surface area contributed by atoms with Gasteiger partial charge in [-0.25, -0.2) is 0 Å². The Kier molecular flexibility index (Phi) is 3.41. The topological polar surface area (TPSA) is 93.1 Å². The number of phenols is 2. The molecule has 0 aliphatic rings. The van der Waals surface area contributed by atoms with Crippen LogP contribution >= 0.6 is 0 Å². The van der Waals surface area contributed by atoms with Crippen molar-refractivity contribution in [1.82, 2.24) is 0 Å². The summed E-state index contributed by atoms with van der Waals surface area (Å²) in [5.74, 6) is -4.54. The predicted octanol–water partition coefficient (Wildman–Crippen LogP) is 3.37. The van der Waals surface area contributed by atoms with Gasteiger partial charge < -0.3 is 19.7 Å². The van der Waals surface area contributed by atoms with Gasteiger partial charge in [0, 0.05) is 0 Å². The summed E-state index contributed by atoms with van der Waals surface area (Å²) in [5.41, 5.74) is -0.340. The molecule has 0 radical (unpaired) electrons. The first-order chi connectivity index (χ1) is 16.9. The summed E-state index contributed by atoms with van der Waals surface area (Å²) in [6, 6.07) is 2.71. The average Bonchev–Trinajstić information content (AvgIpc) is 2.78. The Morgan fingerprint density at radius 3 is 1.78 bits per heavy atom. The first-order valence-corrected chi connectivity index (χ1v) is 7.36. The lowest BCUT2D eigenvalue weighted by Crippen LogP contribution is -2.01. The van der Waals surface area contributed by atoms with Crippen LogP contribution in [0.4, 0.5) is 0 Å². The summed E-state index contributed by atoms with van der Waals surface area (Å²) >= 11 is 0. The van der Waals surface area contributed by atoms with E-state index in [1.54, 1.807) is 0 Å². The zero-order valence-electron chi connectivity index (χ0n) is 23.7. The van der Waals surface area contributed by atoms with E-state index >= 15 is 0 Å². The van der Waals surface area contributed by atoms with Crippen molar-refractivity contribution in [3.63, 3.8) is 0 Å². The molecule has 0 fully saturated rings. The van der Waals surface area contributed by atoms with E-state index < -0.39 is 79.3 Å². The number of ether oxygens (including phenoxy) is 2. The number of rotatable bonds is 8. The maximum absolute atomic E-state index is 12.4. The summed E-state index contributed by atoms with van der Waals surface area (Å²) in [5, 5.41) is 19.5. The fourth-order valence-corrected chi connectivity index (χ4v) is 1.87. The van der Waals surface area contributed by atoms with Gasteiger partial charge in [0.2, 0.25) is 0 Å². The van der Waals surface area contributed by atoms with Gasteiger partial charge in [0.05, 0.1) is 34.2 Å². The molecule has 0 bridgehead atoms. The summed E-state index contributed by atoms with van der Waals surface area (Å²) in [6.45, 7) is 0. The summed E-state index contributed by atoms with van der Waals surface area (Å²) in [6.07, 6.45) is -1.06. The fourth-order valence-electron chi connectivity index (χ4n) is 1.87. The maximum atomic E-state index is 12.4. The Balaban J connectivity index is 2.29. The van der Waals surface area contributed by atoms with Crippen molar-refractivity contribution in [2.75, 3.05) is 14.1 Å². The molecule has 0 aromatic heterocycles. The van der Waals surface area contributed by atoms with E-state index in [1.807, 2.05) is 0 Å². The molecule has 6 heteroatoms. The second kappa shape index (κ2) is 9.24. The van der Waals surface area contributed by atoms with Crippen LogP contribution in [-0.2, 0) is 9.59 Å². The van der Waals surface area contributed by atoms with Crippen LogP contribution in [0.2, 0.25) is 0 Å². The lowest BCUT2D eigenvalue weighted by atomic mass is 10.1. The minimum Gasteiger partial charge on any atom is -0.504 e. The predicted molar refractivity (Wildman–Crippen MR) is 102 cm³/mol. The van der Waals surface area contributed by atoms with E-state index in [2.05, 4.69) is 9.47 Å². The maximum Gasteiger partial charge on any atom is 0.163 e. The van der Waals surface area contributed by atoms with Gasteiger partial charge in [-0.2, -0.15) is 0 Å². The van der Waals surface area contributed by atoms with Gasteiger partial charge in [0.25, 0.3) is 0 Å². The van der Waals surface area contributed by atoms with Crippen molar-refractivity contribution in [3.8, 4) is 23.0 Å². The average molecular weight is 378 g/mol. The summed E-state index contributed by atoms with van der Waals surface area (Å²) in [4.78, 5) is 24.9. The van der Waals surface area contributed by atoms with Crippen LogP contribution in [0, 0.1) is 0 Å². The molecule has 0 amide bonds. The third-order valence-corrected chi connectivity index (χ3v) is 3.15. The number of hydrogen-bond donors (Lipinski definition) is 2. The molecule has 2 aromatic rings. The second-order valence-corrected chi connectivity index (χ2v) is 5.09. The van der Waals surface area contributed by atoms with Gasteiger partial charge in [0.15, 0.2) is 34.6 Å². The number of carbonyl (C=O) groups excluding carboxylic acids is 2. The quantitative estimate of drug-likeness (QED) is 0.540. The molecule has 0 aliphatic heterocycles. The minimum absolute atomic E-state index is 0.170. The van der Waals surface area contributed by atoms with Gasteiger partial charge in [-0.15, -0.1) is 0 Å². The van der Waals surface area contributed by atoms with E-state index in [9.17, 15) is 19.8 Å². The Morgan fingerprint density at radius 2 is 1.37 bits per heavy atom. The van der Waals surface area contributed by atoms with Gasteiger partial charge in [-0.1, -0.05) is 24.2 Å². The molecule has 27 heavy (non-hydrogen) atoms. The fraction of sp³-hybridized carbons (Fsp3) is 0.143. The third kappa shape index (κ3) is 5.74. The third-order valence-electron chi connectivity index (χ3n) is 3.15. The normalized spacial score (nSPS) is 18.8. The smallest absolute Gasteiger partial charge is 0.163 e. The second-order valence-electron chi connectivity index (χ2n) is 5.09. The molecule has 2 rings (SSSR count). The number of phenolic OH excluding ortho intramolecular Hbond substituents is 2. The van der Waals surface area contributed by atoms with Crippen LogP contribution in [0.25, 0.3) is 12.1 Å². The zero-order valence-corrected chi connectivity index (χ0v) is 13.7. The Bertz CT molecular complexity index is 1180. The largest absolute Gasteiger partial charge is 0.504 e. The van der Waals surface area contributed by atoms with Gasteiger partial charge >= 0.3 is 0 Å². The molecule has 0 heterocycles. The molecular weight excluding hydrogens is 348 g/mol. The van der Waals surface area contributed by atoms with Crippen LogP contribution < -0.4 is 9.47 Å². The van der Waals surface area contributed by atoms with Gasteiger partial charge in [-0.05, 0) is 47.5 Å². The van der Waals surface area contributed by atoms with Crippen LogP contribution in [0.1, 0.15) is 31.3 Å². The van der Waals surface area contributed by atoms with Gasteiger partial charge in [0.1, 0.15) is 0 Å². The minimum atomic E-state index is -2.92. The zero-order chi connectivity index (χ0) is 28.3. The van der Waals surface area contributed by atoms with Crippen molar-refractivity contribution >= 4 is 23.7 Å². The number of hydrogen-bond acceptors (Lipinski definition) is 6. The Labute approximate surface area is 171 Å². The standard InChI is InChI=1S/C21H20O6/c1-26-20-11-14(5-9-18(20)24)3-7-16(22)13-17(23)8-4-15-6-10-19(25)21(12-15)27-2/h3-12,24-25H,13H2,1-2H3/i1D3,2D3,3D,4D,7D,8D. The number of aromatic hydroxyl groups is 2. The number of allylic oxidation sites excluding steroid dienone is 2. The lowest BCUT2D eigenvalue weighted by molar-refractivity contribution is -0.121. The Morgan fingerprint density at radius 1 is 0.926 bits per heavy atom.